The van der Waals surface area contributed by atoms with E-state index >= 15 is 0 Å². The zero-order chi connectivity index (χ0) is 17.7. The lowest BCUT2D eigenvalue weighted by Gasteiger charge is -2.21. The second-order valence-corrected chi connectivity index (χ2v) is 7.55. The molecule has 1 N–H and O–H groups in total. The Balaban J connectivity index is 2.07. The minimum absolute atomic E-state index is 0.00698. The van der Waals surface area contributed by atoms with E-state index in [4.69, 9.17) is 23.2 Å². The topological polar surface area (TPSA) is 66.5 Å². The molecule has 0 bridgehead atoms. The summed E-state index contributed by atoms with van der Waals surface area (Å²) in [6.45, 7) is 1.65. The summed E-state index contributed by atoms with van der Waals surface area (Å²) in [4.78, 5) is 13.3. The number of sulfonamides is 1. The van der Waals surface area contributed by atoms with E-state index in [1.165, 1.54) is 24.0 Å². The van der Waals surface area contributed by atoms with Gasteiger partial charge in [-0.2, -0.15) is 0 Å². The van der Waals surface area contributed by atoms with Crippen LogP contribution in [-0.2, 0) is 14.8 Å². The van der Waals surface area contributed by atoms with E-state index in [-0.39, 0.29) is 28.9 Å². The van der Waals surface area contributed by atoms with Gasteiger partial charge >= 0.3 is 0 Å². The molecule has 0 radical (unpaired) electrons. The summed E-state index contributed by atoms with van der Waals surface area (Å²) in [6.07, 6.45) is 0. The monoisotopic (exact) mass is 386 g/mol. The molecule has 5 nitrogen and oxygen atoms in total. The highest BCUT2D eigenvalue weighted by Crippen LogP contribution is 2.20. The van der Waals surface area contributed by atoms with Gasteiger partial charge in [-0.3, -0.25) is 4.79 Å². The number of benzene rings is 2. The molecule has 128 valence electrons. The summed E-state index contributed by atoms with van der Waals surface area (Å²) in [7, 11) is -3.74. The zero-order valence-corrected chi connectivity index (χ0v) is 15.2. The average molecular weight is 387 g/mol. The lowest BCUT2D eigenvalue weighted by atomic mass is 10.3. The smallest absolute Gasteiger partial charge is 0.242 e. The van der Waals surface area contributed by atoms with Crippen molar-refractivity contribution in [2.75, 3.05) is 18.0 Å². The first-order chi connectivity index (χ1) is 11.3. The van der Waals surface area contributed by atoms with Gasteiger partial charge in [0.25, 0.3) is 0 Å². The van der Waals surface area contributed by atoms with Gasteiger partial charge < -0.3 is 4.90 Å². The maximum absolute atomic E-state index is 12.3. The Morgan fingerprint density at radius 2 is 1.71 bits per heavy atom. The van der Waals surface area contributed by atoms with Crippen LogP contribution in [0.4, 0.5) is 5.69 Å². The Morgan fingerprint density at radius 3 is 2.29 bits per heavy atom. The molecule has 0 spiro atoms. The van der Waals surface area contributed by atoms with Crippen LogP contribution in [0.15, 0.2) is 53.4 Å². The Kier molecular flexibility index (Phi) is 6.23. The fourth-order valence-corrected chi connectivity index (χ4v) is 3.79. The van der Waals surface area contributed by atoms with Crippen LogP contribution in [0.25, 0.3) is 0 Å². The normalized spacial score (nSPS) is 11.3. The average Bonchev–Trinajstić information content (AvgIpc) is 2.52. The first-order valence-corrected chi connectivity index (χ1v) is 9.33. The number of halogens is 2. The van der Waals surface area contributed by atoms with Crippen LogP contribution in [0.3, 0.4) is 0 Å². The van der Waals surface area contributed by atoms with Gasteiger partial charge in [0.15, 0.2) is 0 Å². The van der Waals surface area contributed by atoms with Crippen molar-refractivity contribution < 1.29 is 13.2 Å². The van der Waals surface area contributed by atoms with E-state index in [2.05, 4.69) is 4.72 Å². The van der Waals surface area contributed by atoms with Crippen LogP contribution in [-0.4, -0.2) is 27.4 Å². The number of carbonyl (C=O) groups excluding carboxylic acids is 1. The molecular formula is C16H16Cl2N2O3S. The van der Waals surface area contributed by atoms with Crippen LogP contribution < -0.4 is 9.62 Å². The fraction of sp³-hybridized carbons (Fsp3) is 0.188. The van der Waals surface area contributed by atoms with Crippen LogP contribution in [0.5, 0.6) is 0 Å². The fourth-order valence-electron chi connectivity index (χ4n) is 2.12. The SMILES string of the molecule is CC(=O)N(CCNS(=O)(=O)c1ccccc1Cl)c1ccc(Cl)cc1. The summed E-state index contributed by atoms with van der Waals surface area (Å²) < 4.78 is 27.0. The molecule has 1 amide bonds. The molecule has 0 saturated carbocycles. The maximum atomic E-state index is 12.3. The minimum atomic E-state index is -3.74. The summed E-state index contributed by atoms with van der Waals surface area (Å²) >= 11 is 11.8. The Hall–Kier alpha value is -1.60. The number of carbonyl (C=O) groups is 1. The molecule has 8 heteroatoms. The van der Waals surface area contributed by atoms with E-state index in [0.717, 1.165) is 0 Å². The number of hydrogen-bond donors (Lipinski definition) is 1. The molecule has 0 aromatic heterocycles. The van der Waals surface area contributed by atoms with Gasteiger partial charge in [-0.15, -0.1) is 0 Å². The summed E-state index contributed by atoms with van der Waals surface area (Å²) in [6, 6.07) is 12.9. The second kappa shape index (κ2) is 7.98. The van der Waals surface area contributed by atoms with Crippen molar-refractivity contribution in [2.45, 2.75) is 11.8 Å². The van der Waals surface area contributed by atoms with Gasteiger partial charge in [0, 0.05) is 30.7 Å². The molecule has 0 fully saturated rings. The van der Waals surface area contributed by atoms with Crippen LogP contribution >= 0.6 is 23.2 Å². The van der Waals surface area contributed by atoms with Gasteiger partial charge in [-0.05, 0) is 36.4 Å². The number of anilines is 1. The Bertz CT molecular complexity index is 823. The standard InChI is InChI=1S/C16H16Cl2N2O3S/c1-12(21)20(14-8-6-13(17)7-9-14)11-10-19-24(22,23)16-5-3-2-4-15(16)18/h2-9,19H,10-11H2,1H3. The minimum Gasteiger partial charge on any atom is -0.311 e. The van der Waals surface area contributed by atoms with Gasteiger partial charge in [0.1, 0.15) is 4.90 Å². The molecule has 2 rings (SSSR count). The number of rotatable bonds is 6. The third-order valence-corrected chi connectivity index (χ3v) is 5.48. The molecular weight excluding hydrogens is 371 g/mol. The van der Waals surface area contributed by atoms with Crippen molar-refractivity contribution >= 4 is 44.8 Å². The Morgan fingerprint density at radius 1 is 1.08 bits per heavy atom. The molecule has 0 unspecified atom stereocenters. The molecule has 0 aliphatic rings. The molecule has 2 aromatic rings. The van der Waals surface area contributed by atoms with Crippen molar-refractivity contribution in [1.82, 2.24) is 4.72 Å². The van der Waals surface area contributed by atoms with Crippen molar-refractivity contribution in [1.29, 1.82) is 0 Å². The first-order valence-electron chi connectivity index (χ1n) is 7.09. The van der Waals surface area contributed by atoms with E-state index in [0.29, 0.717) is 10.7 Å². The van der Waals surface area contributed by atoms with Gasteiger partial charge in [-0.1, -0.05) is 35.3 Å². The van der Waals surface area contributed by atoms with E-state index in [1.54, 1.807) is 36.4 Å². The Labute approximate surface area is 151 Å². The van der Waals surface area contributed by atoms with Crippen LogP contribution in [0.2, 0.25) is 10.0 Å². The van der Waals surface area contributed by atoms with Crippen LogP contribution in [0.1, 0.15) is 6.92 Å². The quantitative estimate of drug-likeness (QED) is 0.827. The van der Waals surface area contributed by atoms with Crippen LogP contribution in [0, 0.1) is 0 Å². The molecule has 24 heavy (non-hydrogen) atoms. The maximum Gasteiger partial charge on any atom is 0.242 e. The highest BCUT2D eigenvalue weighted by molar-refractivity contribution is 7.89. The third-order valence-electron chi connectivity index (χ3n) is 3.27. The lowest BCUT2D eigenvalue weighted by Crippen LogP contribution is -2.37. The van der Waals surface area contributed by atoms with Crippen molar-refractivity contribution in [3.63, 3.8) is 0 Å². The molecule has 2 aromatic carbocycles. The number of nitrogens with one attached hydrogen (secondary N) is 1. The summed E-state index contributed by atoms with van der Waals surface area (Å²) in [5, 5.41) is 0.702. The molecule has 0 heterocycles. The third kappa shape index (κ3) is 4.70. The first kappa shape index (κ1) is 18.7. The van der Waals surface area contributed by atoms with E-state index < -0.39 is 10.0 Å². The molecule has 0 saturated heterocycles. The van der Waals surface area contributed by atoms with Crippen molar-refractivity contribution in [3.8, 4) is 0 Å². The van der Waals surface area contributed by atoms with Crippen molar-refractivity contribution in [2.24, 2.45) is 0 Å². The lowest BCUT2D eigenvalue weighted by molar-refractivity contribution is -0.116. The molecule has 0 aliphatic heterocycles. The highest BCUT2D eigenvalue weighted by atomic mass is 35.5. The molecule has 0 atom stereocenters. The largest absolute Gasteiger partial charge is 0.311 e. The highest BCUT2D eigenvalue weighted by Gasteiger charge is 2.18. The second-order valence-electron chi connectivity index (χ2n) is 4.98. The number of hydrogen-bond acceptors (Lipinski definition) is 3. The zero-order valence-electron chi connectivity index (χ0n) is 12.9. The van der Waals surface area contributed by atoms with Gasteiger partial charge in [0.05, 0.1) is 5.02 Å². The van der Waals surface area contributed by atoms with Gasteiger partial charge in [-0.25, -0.2) is 13.1 Å². The number of nitrogens with zero attached hydrogens (tertiary/aromatic N) is 1. The number of amides is 1. The predicted octanol–water partition coefficient (Wildman–Crippen LogP) is 3.32. The van der Waals surface area contributed by atoms with Crippen molar-refractivity contribution in [3.05, 3.63) is 58.6 Å². The predicted molar refractivity (Wildman–Crippen MR) is 96.1 cm³/mol. The van der Waals surface area contributed by atoms with E-state index in [9.17, 15) is 13.2 Å². The van der Waals surface area contributed by atoms with E-state index in [1.807, 2.05) is 0 Å². The van der Waals surface area contributed by atoms with Gasteiger partial charge in [0.2, 0.25) is 15.9 Å². The molecule has 0 aliphatic carbocycles. The summed E-state index contributed by atoms with van der Waals surface area (Å²) in [5.41, 5.74) is 0.642. The summed E-state index contributed by atoms with van der Waals surface area (Å²) in [5.74, 6) is -0.200.